The van der Waals surface area contributed by atoms with Crippen molar-refractivity contribution in [2.75, 3.05) is 32.7 Å². The number of carbonyl (C=O) groups is 3. The summed E-state index contributed by atoms with van der Waals surface area (Å²) in [5.41, 5.74) is 0.944. The molecule has 2 aliphatic rings. The molecule has 8 heteroatoms. The van der Waals surface area contributed by atoms with E-state index in [4.69, 9.17) is 11.6 Å². The normalized spacial score (nSPS) is 21.5. The van der Waals surface area contributed by atoms with E-state index in [9.17, 15) is 14.4 Å². The number of piperazine rings is 1. The number of halogens is 1. The highest BCUT2D eigenvalue weighted by Gasteiger charge is 2.33. The Morgan fingerprint density at radius 1 is 1.35 bits per heavy atom. The second-order valence-electron chi connectivity index (χ2n) is 5.57. The van der Waals surface area contributed by atoms with E-state index in [0.29, 0.717) is 24.7 Å². The van der Waals surface area contributed by atoms with Gasteiger partial charge in [-0.3, -0.25) is 14.9 Å². The number of imide groups is 1. The summed E-state index contributed by atoms with van der Waals surface area (Å²) in [6.45, 7) is 1.68. The first-order valence-corrected chi connectivity index (χ1v) is 7.77. The molecule has 2 heterocycles. The van der Waals surface area contributed by atoms with Crippen molar-refractivity contribution in [3.05, 3.63) is 34.9 Å². The van der Waals surface area contributed by atoms with E-state index >= 15 is 0 Å². The van der Waals surface area contributed by atoms with E-state index in [0.717, 1.165) is 5.56 Å². The van der Waals surface area contributed by atoms with Crippen molar-refractivity contribution in [3.63, 3.8) is 0 Å². The fraction of sp³-hybridized carbons (Fsp3) is 0.400. The fourth-order valence-corrected chi connectivity index (χ4v) is 3.08. The minimum Gasteiger partial charge on any atom is -0.332 e. The zero-order valence-electron chi connectivity index (χ0n) is 12.4. The Labute approximate surface area is 138 Å². The molecule has 1 aromatic carbocycles. The molecule has 0 aromatic heterocycles. The molecule has 23 heavy (non-hydrogen) atoms. The predicted molar refractivity (Wildman–Crippen MR) is 83.9 cm³/mol. The van der Waals surface area contributed by atoms with Gasteiger partial charge < -0.3 is 15.1 Å². The Bertz CT molecular complexity index is 651. The number of hydrogen-bond donors (Lipinski definition) is 2. The Morgan fingerprint density at radius 3 is 2.87 bits per heavy atom. The van der Waals surface area contributed by atoms with Crippen LogP contribution in [0.4, 0.5) is 4.79 Å². The number of nitrogens with one attached hydrogen (secondary N) is 2. The second kappa shape index (κ2) is 6.55. The first-order chi connectivity index (χ1) is 11.0. The molecule has 0 bridgehead atoms. The summed E-state index contributed by atoms with van der Waals surface area (Å²) in [5.74, 6) is -0.559. The standard InChI is InChI=1S/C15H17ClN4O3/c16-11-3-1-2-10(6-11)12-7-17-4-5-20(12)14(22)9-19-8-13(21)18-15(19)23/h1-3,6,12,17H,4-5,7-9H2,(H,18,21,23). The molecule has 7 nitrogen and oxygen atoms in total. The minimum absolute atomic E-state index is 0.0709. The summed E-state index contributed by atoms with van der Waals surface area (Å²) < 4.78 is 0. The van der Waals surface area contributed by atoms with E-state index in [-0.39, 0.29) is 30.9 Å². The van der Waals surface area contributed by atoms with Crippen LogP contribution in [0.2, 0.25) is 5.02 Å². The Hall–Kier alpha value is -2.12. The zero-order chi connectivity index (χ0) is 16.4. The molecule has 0 spiro atoms. The average Bonchev–Trinajstić information content (AvgIpc) is 2.85. The Balaban J connectivity index is 1.74. The first-order valence-electron chi connectivity index (χ1n) is 7.39. The monoisotopic (exact) mass is 336 g/mol. The Morgan fingerprint density at radius 2 is 2.17 bits per heavy atom. The van der Waals surface area contributed by atoms with Crippen LogP contribution in [0.3, 0.4) is 0 Å². The van der Waals surface area contributed by atoms with Crippen LogP contribution in [0.5, 0.6) is 0 Å². The quantitative estimate of drug-likeness (QED) is 0.781. The van der Waals surface area contributed by atoms with E-state index in [1.165, 1.54) is 4.90 Å². The first kappa shape index (κ1) is 15.8. The van der Waals surface area contributed by atoms with Crippen molar-refractivity contribution in [1.82, 2.24) is 20.4 Å². The van der Waals surface area contributed by atoms with Crippen LogP contribution in [-0.4, -0.2) is 60.4 Å². The highest BCUT2D eigenvalue weighted by Crippen LogP contribution is 2.25. The summed E-state index contributed by atoms with van der Waals surface area (Å²) >= 11 is 6.04. The van der Waals surface area contributed by atoms with Crippen molar-refractivity contribution in [1.29, 1.82) is 0 Å². The largest absolute Gasteiger partial charge is 0.332 e. The minimum atomic E-state index is -0.516. The maximum Gasteiger partial charge on any atom is 0.325 e. The molecular formula is C15H17ClN4O3. The number of carbonyl (C=O) groups excluding carboxylic acids is 3. The Kier molecular flexibility index (Phi) is 4.49. The highest BCUT2D eigenvalue weighted by molar-refractivity contribution is 6.30. The van der Waals surface area contributed by atoms with Crippen LogP contribution >= 0.6 is 11.6 Å². The molecule has 1 aromatic rings. The molecule has 4 amide bonds. The van der Waals surface area contributed by atoms with Gasteiger partial charge in [-0.25, -0.2) is 4.79 Å². The second-order valence-corrected chi connectivity index (χ2v) is 6.01. The number of benzene rings is 1. The van der Waals surface area contributed by atoms with Crippen molar-refractivity contribution < 1.29 is 14.4 Å². The molecule has 122 valence electrons. The maximum atomic E-state index is 12.6. The number of rotatable bonds is 3. The van der Waals surface area contributed by atoms with E-state index < -0.39 is 6.03 Å². The molecule has 2 fully saturated rings. The van der Waals surface area contributed by atoms with Crippen molar-refractivity contribution >= 4 is 29.4 Å². The number of nitrogens with zero attached hydrogens (tertiary/aromatic N) is 2. The molecule has 0 radical (unpaired) electrons. The summed E-state index contributed by atoms with van der Waals surface area (Å²) in [7, 11) is 0. The topological polar surface area (TPSA) is 81.8 Å². The third-order valence-electron chi connectivity index (χ3n) is 3.99. The van der Waals surface area contributed by atoms with E-state index in [2.05, 4.69) is 10.6 Å². The molecule has 2 saturated heterocycles. The van der Waals surface area contributed by atoms with Crippen LogP contribution in [0.25, 0.3) is 0 Å². The lowest BCUT2D eigenvalue weighted by molar-refractivity contribution is -0.135. The van der Waals surface area contributed by atoms with Gasteiger partial charge in [-0.15, -0.1) is 0 Å². The smallest absolute Gasteiger partial charge is 0.325 e. The predicted octanol–water partition coefficient (Wildman–Crippen LogP) is 0.365. The third-order valence-corrected chi connectivity index (χ3v) is 4.23. The summed E-state index contributed by atoms with van der Waals surface area (Å²) in [4.78, 5) is 38.4. The molecule has 3 rings (SSSR count). The van der Waals surface area contributed by atoms with Gasteiger partial charge in [0, 0.05) is 24.7 Å². The van der Waals surface area contributed by atoms with Crippen LogP contribution < -0.4 is 10.6 Å². The van der Waals surface area contributed by atoms with Gasteiger partial charge in [-0.1, -0.05) is 23.7 Å². The van der Waals surface area contributed by atoms with E-state index in [1.54, 1.807) is 11.0 Å². The summed E-state index contributed by atoms with van der Waals surface area (Å²) in [6.07, 6.45) is 0. The lowest BCUT2D eigenvalue weighted by atomic mass is 10.0. The fourth-order valence-electron chi connectivity index (χ4n) is 2.88. The molecular weight excluding hydrogens is 320 g/mol. The van der Waals surface area contributed by atoms with Crippen LogP contribution in [0.15, 0.2) is 24.3 Å². The van der Waals surface area contributed by atoms with Crippen molar-refractivity contribution in [3.8, 4) is 0 Å². The van der Waals surface area contributed by atoms with Crippen molar-refractivity contribution in [2.24, 2.45) is 0 Å². The molecule has 2 N–H and O–H groups in total. The van der Waals surface area contributed by atoms with Gasteiger partial charge in [0.15, 0.2) is 0 Å². The number of hydrogen-bond acceptors (Lipinski definition) is 4. The number of amides is 4. The van der Waals surface area contributed by atoms with Crippen LogP contribution in [0, 0.1) is 0 Å². The van der Waals surface area contributed by atoms with Crippen molar-refractivity contribution in [2.45, 2.75) is 6.04 Å². The van der Waals surface area contributed by atoms with Crippen LogP contribution in [-0.2, 0) is 9.59 Å². The van der Waals surface area contributed by atoms with E-state index in [1.807, 2.05) is 18.2 Å². The van der Waals surface area contributed by atoms with Gasteiger partial charge in [0.05, 0.1) is 6.04 Å². The molecule has 0 aliphatic carbocycles. The summed E-state index contributed by atoms with van der Waals surface area (Å²) in [5, 5.41) is 6.05. The van der Waals surface area contributed by atoms with Gasteiger partial charge in [0.2, 0.25) is 11.8 Å². The van der Waals surface area contributed by atoms with Gasteiger partial charge in [-0.2, -0.15) is 0 Å². The zero-order valence-corrected chi connectivity index (χ0v) is 13.2. The van der Waals surface area contributed by atoms with Gasteiger partial charge in [0.1, 0.15) is 13.1 Å². The lowest BCUT2D eigenvalue weighted by Gasteiger charge is -2.37. The number of urea groups is 1. The lowest BCUT2D eigenvalue weighted by Crippen LogP contribution is -2.51. The highest BCUT2D eigenvalue weighted by atomic mass is 35.5. The third kappa shape index (κ3) is 3.46. The SMILES string of the molecule is O=C1CN(CC(=O)N2CCNCC2c2cccc(Cl)c2)C(=O)N1. The van der Waals surface area contributed by atoms with Crippen LogP contribution in [0.1, 0.15) is 11.6 Å². The maximum absolute atomic E-state index is 12.6. The molecule has 1 atom stereocenters. The van der Waals surface area contributed by atoms with Gasteiger partial charge >= 0.3 is 6.03 Å². The molecule has 2 aliphatic heterocycles. The van der Waals surface area contributed by atoms with Gasteiger partial charge in [0.25, 0.3) is 0 Å². The molecule has 1 unspecified atom stereocenters. The molecule has 0 saturated carbocycles. The summed E-state index contributed by atoms with van der Waals surface area (Å²) in [6, 6.07) is 6.74. The van der Waals surface area contributed by atoms with Gasteiger partial charge in [-0.05, 0) is 17.7 Å². The average molecular weight is 337 g/mol.